The van der Waals surface area contributed by atoms with Gasteiger partial charge in [0.05, 0.1) is 19.8 Å². The van der Waals surface area contributed by atoms with Gasteiger partial charge in [-0.3, -0.25) is 9.69 Å². The van der Waals surface area contributed by atoms with Gasteiger partial charge in [0.1, 0.15) is 11.5 Å². The van der Waals surface area contributed by atoms with Crippen LogP contribution in [0.1, 0.15) is 15.9 Å². The molecule has 26 heavy (non-hydrogen) atoms. The molecule has 0 saturated carbocycles. The average molecular weight is 357 g/mol. The van der Waals surface area contributed by atoms with Crippen LogP contribution >= 0.6 is 0 Å². The number of carbonyl (C=O) groups excluding carboxylic acids is 1. The number of nitrogens with zero attached hydrogens (tertiary/aromatic N) is 3. The van der Waals surface area contributed by atoms with Gasteiger partial charge >= 0.3 is 0 Å². The zero-order valence-electron chi connectivity index (χ0n) is 15.1. The molecule has 1 aromatic carbocycles. The first kappa shape index (κ1) is 18.0. The quantitative estimate of drug-likeness (QED) is 0.596. The molecule has 0 bridgehead atoms. The molecule has 0 spiro atoms. The second-order valence-electron chi connectivity index (χ2n) is 6.19. The molecule has 138 valence electrons. The zero-order chi connectivity index (χ0) is 18.5. The van der Waals surface area contributed by atoms with Crippen LogP contribution in [0.3, 0.4) is 0 Å². The van der Waals surface area contributed by atoms with Crippen LogP contribution in [-0.4, -0.2) is 56.1 Å². The summed E-state index contributed by atoms with van der Waals surface area (Å²) in [6, 6.07) is 8.89. The van der Waals surface area contributed by atoms with E-state index in [9.17, 15) is 10.0 Å². The molecule has 0 atom stereocenters. The Labute approximate surface area is 152 Å². The van der Waals surface area contributed by atoms with Crippen molar-refractivity contribution in [1.29, 1.82) is 0 Å². The van der Waals surface area contributed by atoms with Crippen LogP contribution in [0.2, 0.25) is 0 Å². The van der Waals surface area contributed by atoms with Crippen LogP contribution in [0.15, 0.2) is 42.7 Å². The maximum Gasteiger partial charge on any atom is 0.254 e. The van der Waals surface area contributed by atoms with E-state index in [-0.39, 0.29) is 5.91 Å². The van der Waals surface area contributed by atoms with E-state index in [1.807, 2.05) is 23.1 Å². The number of methoxy groups -OCH3 is 2. The number of piperazine rings is 1. The van der Waals surface area contributed by atoms with Crippen LogP contribution in [-0.2, 0) is 6.54 Å². The van der Waals surface area contributed by atoms with Crippen molar-refractivity contribution < 1.29 is 19.0 Å². The first-order valence-corrected chi connectivity index (χ1v) is 8.52. The highest BCUT2D eigenvalue weighted by atomic mass is 16.5. The van der Waals surface area contributed by atoms with Crippen molar-refractivity contribution in [2.45, 2.75) is 6.54 Å². The number of rotatable bonds is 5. The summed E-state index contributed by atoms with van der Waals surface area (Å²) >= 11 is 0. The molecule has 7 heteroatoms. The fourth-order valence-corrected chi connectivity index (χ4v) is 3.09. The highest BCUT2D eigenvalue weighted by Gasteiger charge is 2.23. The van der Waals surface area contributed by atoms with Crippen LogP contribution < -0.4 is 14.2 Å². The summed E-state index contributed by atoms with van der Waals surface area (Å²) in [6.07, 6.45) is 2.69. The lowest BCUT2D eigenvalue weighted by atomic mass is 10.1. The first-order valence-electron chi connectivity index (χ1n) is 8.52. The predicted molar refractivity (Wildman–Crippen MR) is 96.1 cm³/mol. The summed E-state index contributed by atoms with van der Waals surface area (Å²) in [4.78, 5) is 16.6. The summed E-state index contributed by atoms with van der Waals surface area (Å²) in [5.41, 5.74) is 1.61. The van der Waals surface area contributed by atoms with Gasteiger partial charge in [-0.25, -0.2) is 0 Å². The molecule has 3 rings (SSSR count). The Hall–Kier alpha value is -2.80. The number of carbonyl (C=O) groups is 1. The SMILES string of the molecule is COc1ccc(OC)c(CN2CCN(C(=O)c3cc[n+]([O-])cc3)CC2)c1. The lowest BCUT2D eigenvalue weighted by Gasteiger charge is -2.35. The van der Waals surface area contributed by atoms with E-state index in [4.69, 9.17) is 9.47 Å². The molecule has 7 nitrogen and oxygen atoms in total. The van der Waals surface area contributed by atoms with Gasteiger partial charge < -0.3 is 19.6 Å². The molecule has 1 aromatic heterocycles. The predicted octanol–water partition coefficient (Wildman–Crippen LogP) is 1.30. The van der Waals surface area contributed by atoms with Crippen LogP contribution in [0, 0.1) is 5.21 Å². The first-order chi connectivity index (χ1) is 12.6. The normalized spacial score (nSPS) is 14.9. The number of amides is 1. The molecule has 1 fully saturated rings. The van der Waals surface area contributed by atoms with Crippen molar-refractivity contribution in [1.82, 2.24) is 9.80 Å². The Morgan fingerprint density at radius 1 is 1.08 bits per heavy atom. The fourth-order valence-electron chi connectivity index (χ4n) is 3.09. The molecular weight excluding hydrogens is 334 g/mol. The molecule has 2 aromatic rings. The Bertz CT molecular complexity index is 756. The largest absolute Gasteiger partial charge is 0.619 e. The summed E-state index contributed by atoms with van der Waals surface area (Å²) in [5.74, 6) is 1.60. The van der Waals surface area contributed by atoms with Crippen molar-refractivity contribution >= 4 is 5.91 Å². The van der Waals surface area contributed by atoms with E-state index < -0.39 is 0 Å². The molecular formula is C19H23N3O4. The molecule has 1 saturated heterocycles. The van der Waals surface area contributed by atoms with Crippen molar-refractivity contribution in [3.8, 4) is 11.5 Å². The van der Waals surface area contributed by atoms with Crippen LogP contribution in [0.5, 0.6) is 11.5 Å². The topological polar surface area (TPSA) is 69.0 Å². The highest BCUT2D eigenvalue weighted by molar-refractivity contribution is 5.94. The minimum Gasteiger partial charge on any atom is -0.619 e. The third-order valence-corrected chi connectivity index (χ3v) is 4.59. The average Bonchev–Trinajstić information content (AvgIpc) is 2.68. The zero-order valence-corrected chi connectivity index (χ0v) is 15.1. The van der Waals surface area contributed by atoms with Gasteiger partial charge in [0.25, 0.3) is 5.91 Å². The Balaban J connectivity index is 1.60. The Morgan fingerprint density at radius 2 is 1.77 bits per heavy atom. The number of pyridine rings is 1. The third-order valence-electron chi connectivity index (χ3n) is 4.59. The Morgan fingerprint density at radius 3 is 2.38 bits per heavy atom. The maximum atomic E-state index is 12.5. The molecule has 0 N–H and O–H groups in total. The smallest absolute Gasteiger partial charge is 0.254 e. The highest BCUT2D eigenvalue weighted by Crippen LogP contribution is 2.25. The summed E-state index contributed by atoms with van der Waals surface area (Å²) < 4.78 is 11.4. The van der Waals surface area contributed by atoms with Crippen LogP contribution in [0.25, 0.3) is 0 Å². The molecule has 0 radical (unpaired) electrons. The second-order valence-corrected chi connectivity index (χ2v) is 6.19. The van der Waals surface area contributed by atoms with Crippen molar-refractivity contribution in [2.24, 2.45) is 0 Å². The van der Waals surface area contributed by atoms with Crippen LogP contribution in [0.4, 0.5) is 0 Å². The third kappa shape index (κ3) is 4.05. The van der Waals surface area contributed by atoms with Gasteiger partial charge in [0.2, 0.25) is 0 Å². The molecule has 0 unspecified atom stereocenters. The molecule has 1 aliphatic heterocycles. The second kappa shape index (κ2) is 8.05. The minimum atomic E-state index is -0.0378. The van der Waals surface area contributed by atoms with E-state index in [1.165, 1.54) is 12.4 Å². The van der Waals surface area contributed by atoms with Crippen molar-refractivity contribution in [3.63, 3.8) is 0 Å². The molecule has 1 amide bonds. The number of benzene rings is 1. The van der Waals surface area contributed by atoms with Crippen molar-refractivity contribution in [2.75, 3.05) is 40.4 Å². The van der Waals surface area contributed by atoms with Gasteiger partial charge in [-0.2, -0.15) is 4.73 Å². The van der Waals surface area contributed by atoms with E-state index in [2.05, 4.69) is 4.90 Å². The van der Waals surface area contributed by atoms with E-state index in [0.717, 1.165) is 36.7 Å². The molecule has 0 aliphatic carbocycles. The number of hydrogen-bond donors (Lipinski definition) is 0. The number of ether oxygens (including phenoxy) is 2. The van der Waals surface area contributed by atoms with Gasteiger partial charge in [-0.05, 0) is 18.2 Å². The maximum absolute atomic E-state index is 12.5. The molecule has 1 aliphatic rings. The lowest BCUT2D eigenvalue weighted by Crippen LogP contribution is -2.48. The van der Waals surface area contributed by atoms with Crippen molar-refractivity contribution in [3.05, 3.63) is 59.1 Å². The summed E-state index contributed by atoms with van der Waals surface area (Å²) in [7, 11) is 3.31. The van der Waals surface area contributed by atoms with E-state index >= 15 is 0 Å². The lowest BCUT2D eigenvalue weighted by molar-refractivity contribution is -0.605. The number of aromatic nitrogens is 1. The molecule has 2 heterocycles. The minimum absolute atomic E-state index is 0.0378. The number of hydrogen-bond acceptors (Lipinski definition) is 5. The van der Waals surface area contributed by atoms with E-state index in [0.29, 0.717) is 23.4 Å². The Kier molecular flexibility index (Phi) is 5.58. The fraction of sp³-hybridized carbons (Fsp3) is 0.368. The van der Waals surface area contributed by atoms with Gasteiger partial charge in [0, 0.05) is 50.4 Å². The van der Waals surface area contributed by atoms with Gasteiger partial charge in [-0.15, -0.1) is 0 Å². The summed E-state index contributed by atoms with van der Waals surface area (Å²) in [6.45, 7) is 3.60. The monoisotopic (exact) mass is 357 g/mol. The van der Waals surface area contributed by atoms with Gasteiger partial charge in [0.15, 0.2) is 12.4 Å². The van der Waals surface area contributed by atoms with Gasteiger partial charge in [-0.1, -0.05) is 0 Å². The van der Waals surface area contributed by atoms with E-state index in [1.54, 1.807) is 26.4 Å². The summed E-state index contributed by atoms with van der Waals surface area (Å²) in [5, 5.41) is 11.1. The standard InChI is InChI=1S/C19H23N3O4/c1-25-17-3-4-18(26-2)16(13-17)14-20-9-11-21(12-10-20)19(23)15-5-7-22(24)8-6-15/h3-8,13H,9-12,14H2,1-2H3.